The van der Waals surface area contributed by atoms with Gasteiger partial charge in [0, 0.05) is 30.5 Å². The van der Waals surface area contributed by atoms with Crippen molar-refractivity contribution in [2.24, 2.45) is 29.6 Å². The molecule has 4 heterocycles. The van der Waals surface area contributed by atoms with Gasteiger partial charge in [-0.25, -0.2) is 4.79 Å². The van der Waals surface area contributed by atoms with Crippen molar-refractivity contribution in [3.05, 3.63) is 34.7 Å². The zero-order valence-corrected chi connectivity index (χ0v) is 24.2. The van der Waals surface area contributed by atoms with E-state index in [1.165, 1.54) is 38.5 Å². The van der Waals surface area contributed by atoms with Gasteiger partial charge in [-0.05, 0) is 62.9 Å². The summed E-state index contributed by atoms with van der Waals surface area (Å²) in [4.78, 5) is 14.9. The summed E-state index contributed by atoms with van der Waals surface area (Å²) in [6.45, 7) is 9.55. The summed E-state index contributed by atoms with van der Waals surface area (Å²) in [6, 6.07) is 0.528. The van der Waals surface area contributed by atoms with Gasteiger partial charge in [-0.2, -0.15) is 0 Å². The number of ether oxygens (including phenoxy) is 3. The lowest BCUT2D eigenvalue weighted by atomic mass is 9.72. The average molecular weight is 528 g/mol. The van der Waals surface area contributed by atoms with Crippen LogP contribution >= 0.6 is 0 Å². The minimum atomic E-state index is -0.363. The largest absolute Gasteiger partial charge is 0.492 e. The van der Waals surface area contributed by atoms with Gasteiger partial charge < -0.3 is 19.3 Å². The number of allylic oxidation sites excluding steroid dienone is 1. The van der Waals surface area contributed by atoms with Crippen molar-refractivity contribution in [2.75, 3.05) is 13.7 Å². The van der Waals surface area contributed by atoms with E-state index < -0.39 is 0 Å². The van der Waals surface area contributed by atoms with E-state index in [2.05, 4.69) is 31.7 Å². The molecule has 7 unspecified atom stereocenters. The maximum atomic E-state index is 12.3. The highest BCUT2D eigenvalue weighted by molar-refractivity contribution is 5.93. The third kappa shape index (κ3) is 5.32. The van der Waals surface area contributed by atoms with E-state index >= 15 is 0 Å². The molecule has 7 atom stereocenters. The van der Waals surface area contributed by atoms with Crippen LogP contribution in [0.2, 0.25) is 0 Å². The lowest BCUT2D eigenvalue weighted by Crippen LogP contribution is -2.55. The monoisotopic (exact) mass is 527 g/mol. The third-order valence-electron chi connectivity index (χ3n) is 10.2. The Hall–Kier alpha value is -1.79. The number of nitrogens with zero attached hydrogens (tertiary/aromatic N) is 1. The summed E-state index contributed by atoms with van der Waals surface area (Å²) < 4.78 is 17.6. The molecule has 0 aromatic carbocycles. The fraction of sp³-hybridized carbons (Fsp3) is 0.781. The van der Waals surface area contributed by atoms with Crippen LogP contribution in [0.25, 0.3) is 0 Å². The van der Waals surface area contributed by atoms with Crippen molar-refractivity contribution < 1.29 is 24.1 Å². The second-order valence-corrected chi connectivity index (χ2v) is 12.9. The summed E-state index contributed by atoms with van der Waals surface area (Å²) in [5.74, 6) is 4.73. The molecule has 5 aliphatic rings. The van der Waals surface area contributed by atoms with Crippen LogP contribution in [0.3, 0.4) is 0 Å². The Morgan fingerprint density at radius 1 is 1.11 bits per heavy atom. The Balaban J connectivity index is 1.33. The van der Waals surface area contributed by atoms with Crippen LogP contribution in [0.5, 0.6) is 0 Å². The molecule has 0 bridgehead atoms. The number of methoxy groups -OCH3 is 1. The minimum absolute atomic E-state index is 0.0698. The molecule has 5 rings (SSSR count). The van der Waals surface area contributed by atoms with Crippen molar-refractivity contribution in [3.63, 3.8) is 0 Å². The first-order valence-electron chi connectivity index (χ1n) is 15.3. The summed E-state index contributed by atoms with van der Waals surface area (Å²) in [5, 5.41) is 11.7. The second-order valence-electron chi connectivity index (χ2n) is 12.9. The standard InChI is InChI=1S/C32H49NO5/c1-19(2)15-16-22-10-6-7-11-23(22)18-26(34)24-12-8-13-25-28-20(3)30(37-27(28)14-9-17-33(24)25)31-29(36-5)21(4)32(35)38-31/h14,19-20,22-26,28,34H,6-13,15-18H2,1-5H3. The number of carbonyl (C=O) groups is 1. The van der Waals surface area contributed by atoms with Crippen molar-refractivity contribution in [1.29, 1.82) is 0 Å². The normalized spacial score (nSPS) is 36.8. The van der Waals surface area contributed by atoms with Crippen LogP contribution in [0.4, 0.5) is 0 Å². The van der Waals surface area contributed by atoms with Gasteiger partial charge in [-0.3, -0.25) is 4.90 Å². The Labute approximate surface area is 229 Å². The molecule has 0 aromatic heterocycles. The highest BCUT2D eigenvalue weighted by atomic mass is 16.6. The number of hydrogen-bond donors (Lipinski definition) is 1. The van der Waals surface area contributed by atoms with Gasteiger partial charge in [0.25, 0.3) is 0 Å². The predicted octanol–water partition coefficient (Wildman–Crippen LogP) is 6.46. The number of piperidine rings is 1. The molecule has 4 aliphatic heterocycles. The molecule has 6 heteroatoms. The molecular formula is C32H49NO5. The number of aliphatic hydroxyl groups is 1. The van der Waals surface area contributed by atoms with Crippen LogP contribution in [-0.2, 0) is 19.0 Å². The Bertz CT molecular complexity index is 980. The molecule has 2 saturated heterocycles. The van der Waals surface area contributed by atoms with E-state index in [-0.39, 0.29) is 30.0 Å². The molecule has 0 aromatic rings. The van der Waals surface area contributed by atoms with E-state index in [0.717, 1.165) is 56.2 Å². The Morgan fingerprint density at radius 3 is 2.61 bits per heavy atom. The molecule has 1 aliphatic carbocycles. The van der Waals surface area contributed by atoms with E-state index in [0.29, 0.717) is 34.8 Å². The molecule has 0 spiro atoms. The number of esters is 1. The number of carbonyl (C=O) groups excluding carboxylic acids is 1. The topological polar surface area (TPSA) is 68.2 Å². The molecule has 0 radical (unpaired) electrons. The van der Waals surface area contributed by atoms with Crippen LogP contribution in [-0.4, -0.2) is 47.8 Å². The number of fused-ring (bicyclic) bond motifs is 3. The highest BCUT2D eigenvalue weighted by Gasteiger charge is 2.50. The molecule has 212 valence electrons. The maximum Gasteiger partial charge on any atom is 0.343 e. The lowest BCUT2D eigenvalue weighted by molar-refractivity contribution is -0.133. The van der Waals surface area contributed by atoms with Gasteiger partial charge in [0.1, 0.15) is 5.76 Å². The van der Waals surface area contributed by atoms with Crippen LogP contribution < -0.4 is 0 Å². The maximum absolute atomic E-state index is 12.3. The van der Waals surface area contributed by atoms with Crippen molar-refractivity contribution >= 4 is 5.97 Å². The molecular weight excluding hydrogens is 478 g/mol. The van der Waals surface area contributed by atoms with Gasteiger partial charge >= 0.3 is 5.97 Å². The Kier molecular flexibility index (Phi) is 8.59. The summed E-state index contributed by atoms with van der Waals surface area (Å²) in [7, 11) is 1.58. The highest BCUT2D eigenvalue weighted by Crippen LogP contribution is 2.49. The molecule has 38 heavy (non-hydrogen) atoms. The number of hydrogen-bond acceptors (Lipinski definition) is 6. The van der Waals surface area contributed by atoms with Crippen molar-refractivity contribution in [1.82, 2.24) is 4.90 Å². The summed E-state index contributed by atoms with van der Waals surface area (Å²) in [6.07, 6.45) is 15.0. The lowest BCUT2D eigenvalue weighted by Gasteiger charge is -2.47. The van der Waals surface area contributed by atoms with E-state index in [1.54, 1.807) is 14.0 Å². The van der Waals surface area contributed by atoms with Crippen LogP contribution in [0.15, 0.2) is 34.7 Å². The van der Waals surface area contributed by atoms with Gasteiger partial charge in [0.15, 0.2) is 11.5 Å². The SMILES string of the molecule is COC1=C(C)C(=O)OC1=C1OC2=CCCN3C(C(O)CC4CCCCC4CCC(C)C)CCCC3C2C1C. The van der Waals surface area contributed by atoms with Gasteiger partial charge in [0.2, 0.25) is 5.76 Å². The quantitative estimate of drug-likeness (QED) is 0.383. The average Bonchev–Trinajstić information content (AvgIpc) is 3.29. The molecule has 6 nitrogen and oxygen atoms in total. The first-order chi connectivity index (χ1) is 18.3. The smallest absolute Gasteiger partial charge is 0.343 e. The first kappa shape index (κ1) is 27.8. The zero-order chi connectivity index (χ0) is 27.0. The van der Waals surface area contributed by atoms with Crippen molar-refractivity contribution in [2.45, 2.75) is 117 Å². The van der Waals surface area contributed by atoms with Crippen LogP contribution in [0.1, 0.15) is 98.3 Å². The number of rotatable bonds is 7. The fourth-order valence-electron chi connectivity index (χ4n) is 8.13. The summed E-state index contributed by atoms with van der Waals surface area (Å²) in [5.41, 5.74) is 0.490. The fourth-order valence-corrected chi connectivity index (χ4v) is 8.13. The molecule has 0 amide bonds. The number of cyclic esters (lactones) is 1. The second kappa shape index (κ2) is 11.8. The molecule has 3 fully saturated rings. The Morgan fingerprint density at radius 2 is 1.87 bits per heavy atom. The van der Waals surface area contributed by atoms with Gasteiger partial charge in [-0.15, -0.1) is 0 Å². The molecule has 1 N–H and O–H groups in total. The van der Waals surface area contributed by atoms with Gasteiger partial charge in [-0.1, -0.05) is 59.3 Å². The van der Waals surface area contributed by atoms with E-state index in [1.807, 2.05) is 0 Å². The number of aliphatic hydroxyl groups excluding tert-OH is 1. The van der Waals surface area contributed by atoms with Crippen LogP contribution in [0, 0.1) is 29.6 Å². The zero-order valence-electron chi connectivity index (χ0n) is 24.2. The van der Waals surface area contributed by atoms with Gasteiger partial charge in [0.05, 0.1) is 18.8 Å². The van der Waals surface area contributed by atoms with Crippen molar-refractivity contribution in [3.8, 4) is 0 Å². The third-order valence-corrected chi connectivity index (χ3v) is 10.2. The van der Waals surface area contributed by atoms with E-state index in [9.17, 15) is 9.90 Å². The van der Waals surface area contributed by atoms with E-state index in [4.69, 9.17) is 14.2 Å². The first-order valence-corrected chi connectivity index (χ1v) is 15.3. The predicted molar refractivity (Wildman–Crippen MR) is 148 cm³/mol. The summed E-state index contributed by atoms with van der Waals surface area (Å²) >= 11 is 0. The minimum Gasteiger partial charge on any atom is -0.492 e. The molecule has 1 saturated carbocycles.